The third-order valence-corrected chi connectivity index (χ3v) is 5.48. The van der Waals surface area contributed by atoms with Crippen molar-refractivity contribution in [3.63, 3.8) is 0 Å². The first-order valence-electron chi connectivity index (χ1n) is 8.45. The molecule has 0 bridgehead atoms. The molecule has 1 heterocycles. The normalized spacial score (nSPS) is 32.3. The van der Waals surface area contributed by atoms with Crippen LogP contribution in [0.5, 0.6) is 0 Å². The number of benzene rings is 1. The van der Waals surface area contributed by atoms with E-state index < -0.39 is 0 Å². The summed E-state index contributed by atoms with van der Waals surface area (Å²) < 4.78 is 0. The Balaban J connectivity index is 1.73. The van der Waals surface area contributed by atoms with Gasteiger partial charge in [0.1, 0.15) is 6.04 Å². The largest absolute Gasteiger partial charge is 0.336 e. The van der Waals surface area contributed by atoms with Crippen LogP contribution >= 0.6 is 0 Å². The molecule has 22 heavy (non-hydrogen) atoms. The van der Waals surface area contributed by atoms with Crippen LogP contribution in [0.2, 0.25) is 0 Å². The van der Waals surface area contributed by atoms with Gasteiger partial charge in [0.15, 0.2) is 0 Å². The van der Waals surface area contributed by atoms with E-state index in [4.69, 9.17) is 0 Å². The second-order valence-electron chi connectivity index (χ2n) is 8.20. The molecule has 1 aliphatic heterocycles. The number of carbonyl (C=O) groups excluding carboxylic acids is 1. The van der Waals surface area contributed by atoms with Crippen LogP contribution in [0.15, 0.2) is 24.3 Å². The molecule has 1 amide bonds. The van der Waals surface area contributed by atoms with Gasteiger partial charge in [-0.15, -0.1) is 0 Å². The van der Waals surface area contributed by atoms with E-state index in [0.717, 1.165) is 24.3 Å². The number of amides is 1. The maximum absolute atomic E-state index is 12.5. The summed E-state index contributed by atoms with van der Waals surface area (Å²) in [5, 5.41) is 6.87. The zero-order chi connectivity index (χ0) is 16.0. The van der Waals surface area contributed by atoms with Gasteiger partial charge in [-0.05, 0) is 49.5 Å². The predicted molar refractivity (Wildman–Crippen MR) is 89.3 cm³/mol. The summed E-state index contributed by atoms with van der Waals surface area (Å²) in [7, 11) is 0. The van der Waals surface area contributed by atoms with Gasteiger partial charge in [0.05, 0.1) is 5.66 Å². The van der Waals surface area contributed by atoms with Crippen molar-refractivity contribution in [2.75, 3.05) is 0 Å². The van der Waals surface area contributed by atoms with Gasteiger partial charge in [-0.25, -0.2) is 0 Å². The van der Waals surface area contributed by atoms with E-state index in [1.807, 2.05) is 12.1 Å². The van der Waals surface area contributed by atoms with Crippen LogP contribution in [0.4, 0.5) is 0 Å². The Labute approximate surface area is 133 Å². The minimum Gasteiger partial charge on any atom is -0.336 e. The Morgan fingerprint density at radius 3 is 2.45 bits per heavy atom. The summed E-state index contributed by atoms with van der Waals surface area (Å²) in [5.74, 6) is 0.870. The van der Waals surface area contributed by atoms with Crippen LogP contribution in [-0.4, -0.2) is 11.6 Å². The predicted octanol–water partition coefficient (Wildman–Crippen LogP) is 3.69. The molecule has 1 aromatic carbocycles. The van der Waals surface area contributed by atoms with Crippen LogP contribution in [0.1, 0.15) is 63.6 Å². The molecule has 1 aliphatic carbocycles. The van der Waals surface area contributed by atoms with E-state index in [0.29, 0.717) is 5.41 Å². The standard InChI is InChI=1S/C19H28N2O/c1-13-6-5-7-14(12-13)16-17(22)21-19(20-16)10-8-15(9-11-19)18(2,3)4/h5-7,12,15-16,20H,8-11H2,1-4H3,(H,21,22). The number of aryl methyl sites for hydroxylation is 1. The Morgan fingerprint density at radius 1 is 1.18 bits per heavy atom. The summed E-state index contributed by atoms with van der Waals surface area (Å²) >= 11 is 0. The second kappa shape index (κ2) is 5.38. The maximum atomic E-state index is 12.5. The van der Waals surface area contributed by atoms with Crippen molar-refractivity contribution >= 4 is 5.91 Å². The fourth-order valence-corrected chi connectivity index (χ4v) is 4.02. The minimum atomic E-state index is -0.203. The molecule has 120 valence electrons. The van der Waals surface area contributed by atoms with Crippen molar-refractivity contribution in [1.82, 2.24) is 10.6 Å². The zero-order valence-corrected chi connectivity index (χ0v) is 14.2. The fraction of sp³-hybridized carbons (Fsp3) is 0.632. The van der Waals surface area contributed by atoms with Crippen LogP contribution in [0.3, 0.4) is 0 Å². The molecule has 2 N–H and O–H groups in total. The van der Waals surface area contributed by atoms with Crippen molar-refractivity contribution in [2.45, 2.75) is 65.1 Å². The summed E-state index contributed by atoms with van der Waals surface area (Å²) in [6.07, 6.45) is 4.42. The van der Waals surface area contributed by atoms with Crippen molar-refractivity contribution in [3.05, 3.63) is 35.4 Å². The lowest BCUT2D eigenvalue weighted by atomic mass is 9.70. The average molecular weight is 300 g/mol. The molecule has 1 spiro atoms. The van der Waals surface area contributed by atoms with Crippen LogP contribution in [-0.2, 0) is 4.79 Å². The van der Waals surface area contributed by atoms with Crippen molar-refractivity contribution < 1.29 is 4.79 Å². The van der Waals surface area contributed by atoms with Gasteiger partial charge in [-0.2, -0.15) is 0 Å². The van der Waals surface area contributed by atoms with Gasteiger partial charge in [0, 0.05) is 0 Å². The number of hydrogen-bond donors (Lipinski definition) is 2. The van der Waals surface area contributed by atoms with E-state index >= 15 is 0 Å². The number of carbonyl (C=O) groups is 1. The average Bonchev–Trinajstić information content (AvgIpc) is 2.75. The Hall–Kier alpha value is -1.35. The lowest BCUT2D eigenvalue weighted by Gasteiger charge is -2.42. The van der Waals surface area contributed by atoms with Gasteiger partial charge in [0.2, 0.25) is 5.91 Å². The Kier molecular flexibility index (Phi) is 3.80. The molecule has 1 aromatic rings. The molecule has 3 nitrogen and oxygen atoms in total. The molecule has 0 radical (unpaired) electrons. The first kappa shape index (κ1) is 15.5. The summed E-state index contributed by atoms with van der Waals surface area (Å²) in [4.78, 5) is 12.5. The third-order valence-electron chi connectivity index (χ3n) is 5.48. The van der Waals surface area contributed by atoms with E-state index in [1.54, 1.807) is 0 Å². The van der Waals surface area contributed by atoms with Crippen LogP contribution in [0.25, 0.3) is 0 Å². The molecule has 1 saturated heterocycles. The molecule has 0 aromatic heterocycles. The topological polar surface area (TPSA) is 41.1 Å². The Morgan fingerprint density at radius 2 is 1.86 bits per heavy atom. The third kappa shape index (κ3) is 2.91. The maximum Gasteiger partial charge on any atom is 0.243 e. The molecular formula is C19H28N2O. The highest BCUT2D eigenvalue weighted by atomic mass is 16.2. The zero-order valence-electron chi connectivity index (χ0n) is 14.2. The molecule has 1 unspecified atom stereocenters. The molecule has 2 fully saturated rings. The molecule has 1 saturated carbocycles. The molecule has 3 heteroatoms. The molecule has 2 aliphatic rings. The van der Waals surface area contributed by atoms with Gasteiger partial charge < -0.3 is 5.32 Å². The molecular weight excluding hydrogens is 272 g/mol. The lowest BCUT2D eigenvalue weighted by molar-refractivity contribution is -0.121. The second-order valence-corrected chi connectivity index (χ2v) is 8.20. The number of hydrogen-bond acceptors (Lipinski definition) is 2. The first-order valence-corrected chi connectivity index (χ1v) is 8.45. The quantitative estimate of drug-likeness (QED) is 0.830. The van der Waals surface area contributed by atoms with Crippen LogP contribution in [0, 0.1) is 18.3 Å². The van der Waals surface area contributed by atoms with Crippen molar-refractivity contribution in [2.24, 2.45) is 11.3 Å². The minimum absolute atomic E-state index is 0.125. The van der Waals surface area contributed by atoms with E-state index in [2.05, 4.69) is 50.5 Å². The fourth-order valence-electron chi connectivity index (χ4n) is 4.02. The summed E-state index contributed by atoms with van der Waals surface area (Å²) in [5.41, 5.74) is 2.45. The van der Waals surface area contributed by atoms with Crippen molar-refractivity contribution in [1.29, 1.82) is 0 Å². The smallest absolute Gasteiger partial charge is 0.243 e. The van der Waals surface area contributed by atoms with Crippen molar-refractivity contribution in [3.8, 4) is 0 Å². The monoisotopic (exact) mass is 300 g/mol. The number of rotatable bonds is 1. The highest BCUT2D eigenvalue weighted by molar-refractivity contribution is 5.86. The van der Waals surface area contributed by atoms with Crippen LogP contribution < -0.4 is 10.6 Å². The lowest BCUT2D eigenvalue weighted by Crippen LogP contribution is -2.53. The van der Waals surface area contributed by atoms with Gasteiger partial charge in [-0.1, -0.05) is 50.6 Å². The number of nitrogens with one attached hydrogen (secondary N) is 2. The van der Waals surface area contributed by atoms with Gasteiger partial charge in [-0.3, -0.25) is 10.1 Å². The van der Waals surface area contributed by atoms with E-state index in [1.165, 1.54) is 18.4 Å². The SMILES string of the molecule is Cc1cccc(C2NC3(CCC(C(C)(C)C)CC3)NC2=O)c1. The summed E-state index contributed by atoms with van der Waals surface area (Å²) in [6.45, 7) is 9.05. The summed E-state index contributed by atoms with van der Waals surface area (Å²) in [6, 6.07) is 8.05. The highest BCUT2D eigenvalue weighted by Gasteiger charge is 2.47. The molecule has 1 atom stereocenters. The molecule has 3 rings (SSSR count). The first-order chi connectivity index (χ1) is 10.3. The van der Waals surface area contributed by atoms with E-state index in [-0.39, 0.29) is 17.6 Å². The Bertz CT molecular complexity index is 565. The van der Waals surface area contributed by atoms with Gasteiger partial charge >= 0.3 is 0 Å². The van der Waals surface area contributed by atoms with Gasteiger partial charge in [0.25, 0.3) is 0 Å². The van der Waals surface area contributed by atoms with E-state index in [9.17, 15) is 4.79 Å². The highest BCUT2D eigenvalue weighted by Crippen LogP contribution is 2.42.